The van der Waals surface area contributed by atoms with Crippen molar-refractivity contribution < 1.29 is 4.79 Å². The summed E-state index contributed by atoms with van der Waals surface area (Å²) in [6.45, 7) is 1.81. The first kappa shape index (κ1) is 20.6. The number of carbonyl (C=O) groups excluding carboxylic acids is 1. The first-order chi connectivity index (χ1) is 14.9. The normalized spacial score (nSPS) is 17.8. The summed E-state index contributed by atoms with van der Waals surface area (Å²) in [4.78, 5) is 22.2. The van der Waals surface area contributed by atoms with Gasteiger partial charge in [-0.1, -0.05) is 30.3 Å². The lowest BCUT2D eigenvalue weighted by atomic mass is 9.93. The van der Waals surface area contributed by atoms with Crippen LogP contribution in [-0.4, -0.2) is 30.1 Å². The number of hydrogen-bond donors (Lipinski definition) is 2. The highest BCUT2D eigenvalue weighted by Gasteiger charge is 2.42. The fourth-order valence-electron chi connectivity index (χ4n) is 3.62. The number of benzene rings is 2. The number of carbonyl (C=O) groups is 1. The van der Waals surface area contributed by atoms with Crippen LogP contribution in [0.4, 0.5) is 11.4 Å². The zero-order chi connectivity index (χ0) is 22.1. The Morgan fingerprint density at radius 3 is 2.48 bits per heavy atom. The van der Waals surface area contributed by atoms with Crippen molar-refractivity contribution in [2.24, 2.45) is 10.7 Å². The zero-order valence-electron chi connectivity index (χ0n) is 17.5. The highest BCUT2D eigenvalue weighted by atomic mass is 32.2. The van der Waals surface area contributed by atoms with Crippen molar-refractivity contribution in [2.75, 3.05) is 24.3 Å². The molecule has 0 aromatic heterocycles. The molecular weight excluding hydrogens is 408 g/mol. The Morgan fingerprint density at radius 2 is 1.87 bits per heavy atom. The van der Waals surface area contributed by atoms with Crippen LogP contribution < -0.4 is 16.0 Å². The number of nitrogens with one attached hydrogen (secondary N) is 1. The molecule has 0 saturated carbocycles. The second kappa shape index (κ2) is 8.20. The molecule has 0 aliphatic carbocycles. The molecule has 0 bridgehead atoms. The summed E-state index contributed by atoms with van der Waals surface area (Å²) in [5, 5.41) is 13.0. The van der Waals surface area contributed by atoms with Crippen molar-refractivity contribution in [3.8, 4) is 6.07 Å². The third kappa shape index (κ3) is 3.76. The summed E-state index contributed by atoms with van der Waals surface area (Å²) >= 11 is 1.23. The van der Waals surface area contributed by atoms with E-state index in [0.29, 0.717) is 32.9 Å². The Kier molecular flexibility index (Phi) is 5.44. The molecule has 7 nitrogen and oxygen atoms in total. The molecule has 0 radical (unpaired) electrons. The first-order valence-electron chi connectivity index (χ1n) is 9.70. The van der Waals surface area contributed by atoms with Crippen molar-refractivity contribution in [3.63, 3.8) is 0 Å². The molecule has 2 aromatic carbocycles. The van der Waals surface area contributed by atoms with Crippen molar-refractivity contribution >= 4 is 34.2 Å². The van der Waals surface area contributed by atoms with Crippen LogP contribution in [0.5, 0.6) is 0 Å². The van der Waals surface area contributed by atoms with Gasteiger partial charge < -0.3 is 16.0 Å². The van der Waals surface area contributed by atoms with Gasteiger partial charge in [0.2, 0.25) is 0 Å². The molecule has 3 N–H and O–H groups in total. The SMILES string of the molecule is CC1=C(C(=O)Nc2ccccc2)[C@@H](c2ccc(N(C)C)cc2)N2C(=N1)SC(C#N)=C2N. The maximum atomic E-state index is 13.4. The molecule has 2 aliphatic heterocycles. The van der Waals surface area contributed by atoms with Crippen molar-refractivity contribution in [3.05, 3.63) is 82.2 Å². The second-order valence-electron chi connectivity index (χ2n) is 7.40. The van der Waals surface area contributed by atoms with Gasteiger partial charge in [0.1, 0.15) is 16.8 Å². The van der Waals surface area contributed by atoms with Gasteiger partial charge in [-0.3, -0.25) is 9.69 Å². The number of nitrogens with two attached hydrogens (primary N) is 1. The lowest BCUT2D eigenvalue weighted by Gasteiger charge is -2.35. The van der Waals surface area contributed by atoms with E-state index in [0.717, 1.165) is 11.3 Å². The number of nitrogens with zero attached hydrogens (tertiary/aromatic N) is 4. The van der Waals surface area contributed by atoms with Gasteiger partial charge in [0.25, 0.3) is 5.91 Å². The number of nitriles is 1. The van der Waals surface area contributed by atoms with Crippen LogP contribution in [0.3, 0.4) is 0 Å². The zero-order valence-corrected chi connectivity index (χ0v) is 18.3. The average Bonchev–Trinajstić information content (AvgIpc) is 3.08. The molecule has 1 amide bonds. The van der Waals surface area contributed by atoms with E-state index in [1.54, 1.807) is 4.90 Å². The topological polar surface area (TPSA) is 97.8 Å². The van der Waals surface area contributed by atoms with Crippen LogP contribution in [0.15, 0.2) is 81.6 Å². The summed E-state index contributed by atoms with van der Waals surface area (Å²) < 4.78 is 0. The van der Waals surface area contributed by atoms with E-state index >= 15 is 0 Å². The molecule has 2 aliphatic rings. The fraction of sp³-hybridized carbons (Fsp3) is 0.174. The Bertz CT molecular complexity index is 1160. The summed E-state index contributed by atoms with van der Waals surface area (Å²) in [6.07, 6.45) is 0. The van der Waals surface area contributed by atoms with Crippen LogP contribution in [0.25, 0.3) is 0 Å². The Labute approximate surface area is 185 Å². The van der Waals surface area contributed by atoms with Gasteiger partial charge in [0, 0.05) is 25.5 Å². The summed E-state index contributed by atoms with van der Waals surface area (Å²) in [5.74, 6) is 0.0573. The number of rotatable bonds is 4. The largest absolute Gasteiger partial charge is 0.383 e. The van der Waals surface area contributed by atoms with Gasteiger partial charge in [-0.2, -0.15) is 5.26 Å². The van der Waals surface area contributed by atoms with Crippen molar-refractivity contribution in [1.82, 2.24) is 4.90 Å². The lowest BCUT2D eigenvalue weighted by Crippen LogP contribution is -2.39. The Balaban J connectivity index is 1.81. The number of aliphatic imine (C=N–C) groups is 1. The van der Waals surface area contributed by atoms with E-state index < -0.39 is 6.04 Å². The Hall–Kier alpha value is -3.70. The number of fused-ring (bicyclic) bond motifs is 1. The molecule has 0 fully saturated rings. The van der Waals surface area contributed by atoms with E-state index in [9.17, 15) is 10.1 Å². The summed E-state index contributed by atoms with van der Waals surface area (Å²) in [7, 11) is 3.94. The second-order valence-corrected chi connectivity index (χ2v) is 8.38. The molecule has 31 heavy (non-hydrogen) atoms. The lowest BCUT2D eigenvalue weighted by molar-refractivity contribution is -0.113. The number of hydrogen-bond acceptors (Lipinski definition) is 7. The van der Waals surface area contributed by atoms with E-state index in [4.69, 9.17) is 5.73 Å². The highest BCUT2D eigenvalue weighted by molar-refractivity contribution is 8.17. The van der Waals surface area contributed by atoms with Crippen LogP contribution in [0, 0.1) is 11.3 Å². The molecule has 2 heterocycles. The van der Waals surface area contributed by atoms with Crippen LogP contribution in [0.1, 0.15) is 18.5 Å². The van der Waals surface area contributed by atoms with Crippen molar-refractivity contribution in [2.45, 2.75) is 13.0 Å². The minimum Gasteiger partial charge on any atom is -0.383 e. The molecule has 4 rings (SSSR count). The highest BCUT2D eigenvalue weighted by Crippen LogP contribution is 2.45. The van der Waals surface area contributed by atoms with E-state index in [1.807, 2.05) is 80.5 Å². The van der Waals surface area contributed by atoms with E-state index in [2.05, 4.69) is 16.4 Å². The van der Waals surface area contributed by atoms with Gasteiger partial charge in [-0.15, -0.1) is 0 Å². The van der Waals surface area contributed by atoms with Gasteiger partial charge in [-0.25, -0.2) is 4.99 Å². The molecule has 0 unspecified atom stereocenters. The molecule has 156 valence electrons. The van der Waals surface area contributed by atoms with Crippen LogP contribution in [-0.2, 0) is 4.79 Å². The van der Waals surface area contributed by atoms with E-state index in [1.165, 1.54) is 11.8 Å². The first-order valence-corrected chi connectivity index (χ1v) is 10.5. The molecule has 2 aromatic rings. The monoisotopic (exact) mass is 430 g/mol. The molecule has 0 saturated heterocycles. The molecular formula is C23H22N6OS. The third-order valence-electron chi connectivity index (χ3n) is 5.18. The number of anilines is 2. The Morgan fingerprint density at radius 1 is 1.19 bits per heavy atom. The third-order valence-corrected chi connectivity index (χ3v) is 6.15. The molecule has 0 spiro atoms. The standard InChI is InChI=1S/C23H22N6OS/c1-14-19(22(30)27-16-7-5-4-6-8-16)20(15-9-11-17(12-10-15)28(2)3)29-21(25)18(13-24)31-23(29)26-14/h4-12,20H,25H2,1-3H3,(H,27,30)/t20-/m1/s1. The minimum atomic E-state index is -0.495. The minimum absolute atomic E-state index is 0.253. The van der Waals surface area contributed by atoms with Crippen LogP contribution >= 0.6 is 11.8 Å². The number of para-hydroxylation sites is 1. The van der Waals surface area contributed by atoms with Crippen molar-refractivity contribution in [1.29, 1.82) is 5.26 Å². The number of thioether (sulfide) groups is 1. The number of amidine groups is 1. The fourth-order valence-corrected chi connectivity index (χ4v) is 4.54. The van der Waals surface area contributed by atoms with Gasteiger partial charge in [0.05, 0.1) is 17.3 Å². The maximum Gasteiger partial charge on any atom is 0.255 e. The quantitative estimate of drug-likeness (QED) is 0.766. The predicted octanol–water partition coefficient (Wildman–Crippen LogP) is 3.78. The van der Waals surface area contributed by atoms with Crippen LogP contribution in [0.2, 0.25) is 0 Å². The maximum absolute atomic E-state index is 13.4. The number of amides is 1. The van der Waals surface area contributed by atoms with Gasteiger partial charge in [-0.05, 0) is 48.5 Å². The number of allylic oxidation sites excluding steroid dienone is 2. The average molecular weight is 431 g/mol. The van der Waals surface area contributed by atoms with E-state index in [-0.39, 0.29) is 5.91 Å². The predicted molar refractivity (Wildman–Crippen MR) is 125 cm³/mol. The molecule has 1 atom stereocenters. The summed E-state index contributed by atoms with van der Waals surface area (Å²) in [5.41, 5.74) is 10.0. The van der Waals surface area contributed by atoms with Gasteiger partial charge in [0.15, 0.2) is 5.17 Å². The van der Waals surface area contributed by atoms with Gasteiger partial charge >= 0.3 is 0 Å². The summed E-state index contributed by atoms with van der Waals surface area (Å²) in [6, 6.07) is 18.9. The molecule has 8 heteroatoms. The smallest absolute Gasteiger partial charge is 0.255 e.